The van der Waals surface area contributed by atoms with E-state index in [0.29, 0.717) is 17.3 Å². The number of benzene rings is 1. The van der Waals surface area contributed by atoms with Crippen LogP contribution in [0.3, 0.4) is 0 Å². The number of aromatic nitrogens is 4. The lowest BCUT2D eigenvalue weighted by atomic mass is 10.1. The zero-order valence-electron chi connectivity index (χ0n) is 10.8. The molecular weight excluding hydrogens is 256 g/mol. The summed E-state index contributed by atoms with van der Waals surface area (Å²) in [5, 5.41) is 16.8. The van der Waals surface area contributed by atoms with Crippen molar-refractivity contribution in [3.63, 3.8) is 0 Å². The molecule has 3 aromatic rings. The van der Waals surface area contributed by atoms with Crippen molar-refractivity contribution in [1.29, 1.82) is 0 Å². The van der Waals surface area contributed by atoms with Crippen LogP contribution in [0.1, 0.15) is 11.6 Å². The molecule has 1 aromatic carbocycles. The van der Waals surface area contributed by atoms with Crippen LogP contribution in [0.4, 0.5) is 0 Å². The summed E-state index contributed by atoms with van der Waals surface area (Å²) in [6.07, 6.45) is -0.172. The molecule has 0 spiro atoms. The summed E-state index contributed by atoms with van der Waals surface area (Å²) in [6, 6.07) is 11.6. The average Bonchev–Trinajstić information content (AvgIpc) is 2.82. The van der Waals surface area contributed by atoms with Gasteiger partial charge in [0.05, 0.1) is 5.69 Å². The maximum atomic E-state index is 10.8. The zero-order valence-corrected chi connectivity index (χ0v) is 10.8. The van der Waals surface area contributed by atoms with Crippen LogP contribution in [0, 0.1) is 6.92 Å². The van der Waals surface area contributed by atoms with E-state index in [1.54, 1.807) is 10.5 Å². The quantitative estimate of drug-likeness (QED) is 0.782. The third-order valence-corrected chi connectivity index (χ3v) is 3.01. The van der Waals surface area contributed by atoms with E-state index in [0.717, 1.165) is 11.3 Å². The number of carbonyl (C=O) groups is 1. The van der Waals surface area contributed by atoms with Gasteiger partial charge in [-0.25, -0.2) is 4.98 Å². The highest BCUT2D eigenvalue weighted by Crippen LogP contribution is 2.19. The van der Waals surface area contributed by atoms with Crippen LogP contribution in [0.5, 0.6) is 0 Å². The molecule has 2 aromatic heterocycles. The standard InChI is InChI=1S/C14H12N4O2/c1-9-15-11(10-5-3-2-4-6-10)7-12-16-17-13(18(9)12)8-14(19)20/h2-7H,8H2,1H3,(H,19,20). The molecule has 0 radical (unpaired) electrons. The molecule has 3 rings (SSSR count). The van der Waals surface area contributed by atoms with Gasteiger partial charge in [0.15, 0.2) is 5.65 Å². The fourth-order valence-corrected chi connectivity index (χ4v) is 2.16. The first-order chi connectivity index (χ1) is 9.65. The van der Waals surface area contributed by atoms with Crippen molar-refractivity contribution in [2.24, 2.45) is 0 Å². The number of carboxylic acids is 1. The Morgan fingerprint density at radius 2 is 2.00 bits per heavy atom. The van der Waals surface area contributed by atoms with Gasteiger partial charge in [-0.2, -0.15) is 0 Å². The number of fused-ring (bicyclic) bond motifs is 1. The molecule has 2 heterocycles. The van der Waals surface area contributed by atoms with Gasteiger partial charge < -0.3 is 5.11 Å². The molecule has 0 aliphatic rings. The molecule has 100 valence electrons. The van der Waals surface area contributed by atoms with Gasteiger partial charge in [-0.15, -0.1) is 10.2 Å². The molecule has 0 unspecified atom stereocenters. The van der Waals surface area contributed by atoms with Gasteiger partial charge in [-0.1, -0.05) is 30.3 Å². The fraction of sp³-hybridized carbons (Fsp3) is 0.143. The summed E-state index contributed by atoms with van der Waals surface area (Å²) >= 11 is 0. The van der Waals surface area contributed by atoms with Crippen molar-refractivity contribution in [2.75, 3.05) is 0 Å². The first kappa shape index (κ1) is 12.3. The van der Waals surface area contributed by atoms with Crippen molar-refractivity contribution in [3.8, 4) is 11.3 Å². The van der Waals surface area contributed by atoms with Crippen LogP contribution in [-0.2, 0) is 11.2 Å². The second-order valence-electron chi connectivity index (χ2n) is 4.43. The summed E-state index contributed by atoms with van der Waals surface area (Å²) < 4.78 is 1.67. The molecule has 6 nitrogen and oxygen atoms in total. The van der Waals surface area contributed by atoms with Gasteiger partial charge in [0.2, 0.25) is 0 Å². The second-order valence-corrected chi connectivity index (χ2v) is 4.43. The Morgan fingerprint density at radius 3 is 2.70 bits per heavy atom. The smallest absolute Gasteiger partial charge is 0.311 e. The first-order valence-corrected chi connectivity index (χ1v) is 6.14. The minimum atomic E-state index is -0.939. The number of carboxylic acid groups (broad SMARTS) is 1. The highest BCUT2D eigenvalue weighted by atomic mass is 16.4. The van der Waals surface area contributed by atoms with Crippen LogP contribution in [0.25, 0.3) is 16.9 Å². The van der Waals surface area contributed by atoms with Crippen LogP contribution in [0.2, 0.25) is 0 Å². The largest absolute Gasteiger partial charge is 0.481 e. The van der Waals surface area contributed by atoms with Crippen LogP contribution < -0.4 is 0 Å². The van der Waals surface area contributed by atoms with Crippen molar-refractivity contribution in [1.82, 2.24) is 19.6 Å². The molecule has 0 amide bonds. The maximum absolute atomic E-state index is 10.8. The summed E-state index contributed by atoms with van der Waals surface area (Å²) in [6.45, 7) is 1.81. The lowest BCUT2D eigenvalue weighted by molar-refractivity contribution is -0.136. The molecule has 0 bridgehead atoms. The van der Waals surface area contributed by atoms with E-state index in [2.05, 4.69) is 15.2 Å². The topological polar surface area (TPSA) is 80.4 Å². The molecule has 0 atom stereocenters. The van der Waals surface area contributed by atoms with E-state index >= 15 is 0 Å². The normalized spacial score (nSPS) is 10.8. The third kappa shape index (κ3) is 2.11. The summed E-state index contributed by atoms with van der Waals surface area (Å²) in [5.74, 6) is 0.116. The predicted molar refractivity (Wildman–Crippen MR) is 72.3 cm³/mol. The van der Waals surface area contributed by atoms with Crippen LogP contribution in [-0.4, -0.2) is 30.7 Å². The molecule has 20 heavy (non-hydrogen) atoms. The summed E-state index contributed by atoms with van der Waals surface area (Å²) in [4.78, 5) is 15.3. The Kier molecular flexibility index (Phi) is 2.90. The minimum absolute atomic E-state index is 0.172. The molecular formula is C14H12N4O2. The molecule has 0 aliphatic carbocycles. The highest BCUT2D eigenvalue weighted by Gasteiger charge is 2.13. The van der Waals surface area contributed by atoms with Crippen LogP contribution in [0.15, 0.2) is 36.4 Å². The van der Waals surface area contributed by atoms with E-state index in [1.165, 1.54) is 0 Å². The van der Waals surface area contributed by atoms with Gasteiger partial charge in [-0.05, 0) is 6.92 Å². The predicted octanol–water partition coefficient (Wildman–Crippen LogP) is 1.73. The Labute approximate surface area is 114 Å². The van der Waals surface area contributed by atoms with Gasteiger partial charge >= 0.3 is 5.97 Å². The van der Waals surface area contributed by atoms with Crippen molar-refractivity contribution >= 4 is 11.6 Å². The Hall–Kier alpha value is -2.76. The molecule has 0 saturated carbocycles. The number of hydrogen-bond donors (Lipinski definition) is 1. The number of aryl methyl sites for hydroxylation is 1. The van der Waals surface area contributed by atoms with Crippen molar-refractivity contribution < 1.29 is 9.90 Å². The van der Waals surface area contributed by atoms with Gasteiger partial charge in [-0.3, -0.25) is 9.20 Å². The fourth-order valence-electron chi connectivity index (χ4n) is 2.16. The van der Waals surface area contributed by atoms with Crippen molar-refractivity contribution in [2.45, 2.75) is 13.3 Å². The van der Waals surface area contributed by atoms with Crippen molar-refractivity contribution in [3.05, 3.63) is 48.0 Å². The third-order valence-electron chi connectivity index (χ3n) is 3.01. The molecule has 1 N–H and O–H groups in total. The van der Waals surface area contributed by atoms with E-state index in [-0.39, 0.29) is 6.42 Å². The van der Waals surface area contributed by atoms with E-state index in [4.69, 9.17) is 5.11 Å². The van der Waals surface area contributed by atoms with Crippen LogP contribution >= 0.6 is 0 Å². The number of rotatable bonds is 3. The second kappa shape index (κ2) is 4.73. The summed E-state index contributed by atoms with van der Waals surface area (Å²) in [5.41, 5.74) is 2.39. The molecule has 0 saturated heterocycles. The summed E-state index contributed by atoms with van der Waals surface area (Å²) in [7, 11) is 0. The van der Waals surface area contributed by atoms with E-state index < -0.39 is 5.97 Å². The zero-order chi connectivity index (χ0) is 14.1. The Bertz CT molecular complexity index is 780. The number of hydrogen-bond acceptors (Lipinski definition) is 4. The monoisotopic (exact) mass is 268 g/mol. The molecule has 0 fully saturated rings. The first-order valence-electron chi connectivity index (χ1n) is 6.14. The highest BCUT2D eigenvalue weighted by molar-refractivity contribution is 5.70. The lowest BCUT2D eigenvalue weighted by Crippen LogP contribution is -2.07. The Balaban J connectivity index is 2.15. The van der Waals surface area contributed by atoms with Gasteiger partial charge in [0.25, 0.3) is 0 Å². The van der Waals surface area contributed by atoms with Gasteiger partial charge in [0.1, 0.15) is 18.1 Å². The minimum Gasteiger partial charge on any atom is -0.481 e. The number of aliphatic carboxylic acids is 1. The average molecular weight is 268 g/mol. The van der Waals surface area contributed by atoms with E-state index in [1.807, 2.05) is 37.3 Å². The SMILES string of the molecule is Cc1nc(-c2ccccc2)cc2nnc(CC(=O)O)n12. The Morgan fingerprint density at radius 1 is 1.25 bits per heavy atom. The molecule has 0 aliphatic heterocycles. The maximum Gasteiger partial charge on any atom is 0.311 e. The molecule has 6 heteroatoms. The number of nitrogens with zero attached hydrogens (tertiary/aromatic N) is 4. The lowest BCUT2D eigenvalue weighted by Gasteiger charge is -2.05. The van der Waals surface area contributed by atoms with Gasteiger partial charge in [0, 0.05) is 11.6 Å². The van der Waals surface area contributed by atoms with E-state index in [9.17, 15) is 4.79 Å².